The van der Waals surface area contributed by atoms with E-state index < -0.39 is 0 Å². The maximum absolute atomic E-state index is 12.3. The first-order valence-corrected chi connectivity index (χ1v) is 7.68. The van der Waals surface area contributed by atoms with Gasteiger partial charge in [-0.3, -0.25) is 4.79 Å². The standard InChI is InChI=1S/C15H24ClN3O2/c1-5-15(6-2,9-20)8-18-14(21)12-11(16)7-17-13(19-12)10(3)4/h7,10,20H,5-6,8-9H2,1-4H3,(H,18,21). The van der Waals surface area contributed by atoms with Gasteiger partial charge in [-0.2, -0.15) is 0 Å². The van der Waals surface area contributed by atoms with Crippen LogP contribution in [0.25, 0.3) is 0 Å². The maximum atomic E-state index is 12.3. The van der Waals surface area contributed by atoms with Crippen LogP contribution in [0.15, 0.2) is 6.20 Å². The quantitative estimate of drug-likeness (QED) is 0.811. The molecule has 0 bridgehead atoms. The Kier molecular flexibility index (Phi) is 6.55. The molecule has 1 aromatic heterocycles. The topological polar surface area (TPSA) is 75.1 Å². The smallest absolute Gasteiger partial charge is 0.271 e. The molecule has 0 radical (unpaired) electrons. The highest BCUT2D eigenvalue weighted by molar-refractivity contribution is 6.33. The maximum Gasteiger partial charge on any atom is 0.271 e. The average Bonchev–Trinajstić information content (AvgIpc) is 2.49. The molecule has 0 spiro atoms. The van der Waals surface area contributed by atoms with E-state index >= 15 is 0 Å². The van der Waals surface area contributed by atoms with Crippen LogP contribution in [0, 0.1) is 5.41 Å². The minimum absolute atomic E-state index is 0.0367. The Morgan fingerprint density at radius 1 is 1.43 bits per heavy atom. The van der Waals surface area contributed by atoms with Gasteiger partial charge in [0.25, 0.3) is 5.91 Å². The molecule has 5 nitrogen and oxygen atoms in total. The summed E-state index contributed by atoms with van der Waals surface area (Å²) in [5.41, 5.74) is -0.106. The molecule has 0 aliphatic rings. The third-order valence-electron chi connectivity index (χ3n) is 3.95. The number of hydrogen-bond donors (Lipinski definition) is 2. The Bertz CT molecular complexity index is 480. The van der Waals surface area contributed by atoms with Gasteiger partial charge in [0.1, 0.15) is 11.5 Å². The van der Waals surface area contributed by atoms with Gasteiger partial charge in [-0.15, -0.1) is 0 Å². The summed E-state index contributed by atoms with van der Waals surface area (Å²) in [5, 5.41) is 12.6. The Hall–Kier alpha value is -1.20. The Morgan fingerprint density at radius 3 is 2.52 bits per heavy atom. The van der Waals surface area contributed by atoms with Crippen LogP contribution in [0.1, 0.15) is 62.8 Å². The first kappa shape index (κ1) is 17.9. The van der Waals surface area contributed by atoms with Crippen LogP contribution >= 0.6 is 11.6 Å². The van der Waals surface area contributed by atoms with Crippen LogP contribution < -0.4 is 5.32 Å². The van der Waals surface area contributed by atoms with Crippen molar-refractivity contribution in [1.82, 2.24) is 15.3 Å². The van der Waals surface area contributed by atoms with E-state index in [1.807, 2.05) is 27.7 Å². The third-order valence-corrected chi connectivity index (χ3v) is 4.23. The van der Waals surface area contributed by atoms with Crippen molar-refractivity contribution in [2.75, 3.05) is 13.2 Å². The van der Waals surface area contributed by atoms with Gasteiger partial charge in [0, 0.05) is 17.9 Å². The molecule has 21 heavy (non-hydrogen) atoms. The summed E-state index contributed by atoms with van der Waals surface area (Å²) in [6.45, 7) is 8.34. The summed E-state index contributed by atoms with van der Waals surface area (Å²) >= 11 is 6.01. The Balaban J connectivity index is 2.87. The summed E-state index contributed by atoms with van der Waals surface area (Å²) < 4.78 is 0. The van der Waals surface area contributed by atoms with Crippen molar-refractivity contribution in [2.24, 2.45) is 5.41 Å². The molecule has 1 amide bonds. The van der Waals surface area contributed by atoms with E-state index in [1.165, 1.54) is 6.20 Å². The predicted molar refractivity (Wildman–Crippen MR) is 83.6 cm³/mol. The second-order valence-corrected chi connectivity index (χ2v) is 6.03. The molecule has 1 aromatic rings. The van der Waals surface area contributed by atoms with E-state index in [-0.39, 0.29) is 34.6 Å². The highest BCUT2D eigenvalue weighted by Crippen LogP contribution is 2.24. The highest BCUT2D eigenvalue weighted by Gasteiger charge is 2.26. The van der Waals surface area contributed by atoms with E-state index in [0.717, 1.165) is 12.8 Å². The molecular formula is C15H24ClN3O2. The molecule has 118 valence electrons. The van der Waals surface area contributed by atoms with Gasteiger partial charge in [-0.25, -0.2) is 9.97 Å². The zero-order valence-electron chi connectivity index (χ0n) is 13.1. The van der Waals surface area contributed by atoms with Gasteiger partial charge in [0.15, 0.2) is 0 Å². The summed E-state index contributed by atoms with van der Waals surface area (Å²) in [4.78, 5) is 20.6. The van der Waals surface area contributed by atoms with Gasteiger partial charge >= 0.3 is 0 Å². The Morgan fingerprint density at radius 2 is 2.05 bits per heavy atom. The molecule has 0 aromatic carbocycles. The van der Waals surface area contributed by atoms with Crippen molar-refractivity contribution in [1.29, 1.82) is 0 Å². The van der Waals surface area contributed by atoms with E-state index in [1.54, 1.807) is 0 Å². The SMILES string of the molecule is CCC(CC)(CO)CNC(=O)c1nc(C(C)C)ncc1Cl. The summed E-state index contributed by atoms with van der Waals surface area (Å²) in [7, 11) is 0. The van der Waals surface area contributed by atoms with Crippen molar-refractivity contribution >= 4 is 17.5 Å². The minimum Gasteiger partial charge on any atom is -0.396 e. The van der Waals surface area contributed by atoms with E-state index in [9.17, 15) is 9.90 Å². The van der Waals surface area contributed by atoms with Crippen LogP contribution in [-0.2, 0) is 0 Å². The largest absolute Gasteiger partial charge is 0.396 e. The van der Waals surface area contributed by atoms with Gasteiger partial charge in [-0.1, -0.05) is 39.3 Å². The molecule has 6 heteroatoms. The van der Waals surface area contributed by atoms with Crippen LogP contribution in [0.5, 0.6) is 0 Å². The number of halogens is 1. The van der Waals surface area contributed by atoms with Crippen LogP contribution in [-0.4, -0.2) is 34.1 Å². The lowest BCUT2D eigenvalue weighted by Crippen LogP contribution is -2.39. The van der Waals surface area contributed by atoms with Crippen LogP contribution in [0.2, 0.25) is 5.02 Å². The fourth-order valence-corrected chi connectivity index (χ4v) is 2.13. The van der Waals surface area contributed by atoms with Crippen molar-refractivity contribution < 1.29 is 9.90 Å². The molecule has 1 rings (SSSR count). The second-order valence-electron chi connectivity index (χ2n) is 5.63. The number of aliphatic hydroxyl groups excluding tert-OH is 1. The van der Waals surface area contributed by atoms with Crippen LogP contribution in [0.4, 0.5) is 0 Å². The number of hydrogen-bond acceptors (Lipinski definition) is 4. The number of nitrogens with one attached hydrogen (secondary N) is 1. The number of amides is 1. The predicted octanol–water partition coefficient (Wildman–Crippen LogP) is 2.78. The lowest BCUT2D eigenvalue weighted by molar-refractivity contribution is 0.0846. The zero-order chi connectivity index (χ0) is 16.0. The molecular weight excluding hydrogens is 290 g/mol. The lowest BCUT2D eigenvalue weighted by Gasteiger charge is -2.29. The molecule has 0 unspecified atom stereocenters. The number of aromatic nitrogens is 2. The molecule has 0 saturated carbocycles. The van der Waals surface area contributed by atoms with Gasteiger partial charge in [0.2, 0.25) is 0 Å². The van der Waals surface area contributed by atoms with Gasteiger partial charge in [-0.05, 0) is 12.8 Å². The Labute approximate surface area is 131 Å². The number of nitrogens with zero attached hydrogens (tertiary/aromatic N) is 2. The van der Waals surface area contributed by atoms with E-state index in [4.69, 9.17) is 11.6 Å². The van der Waals surface area contributed by atoms with Crippen molar-refractivity contribution in [3.05, 3.63) is 22.7 Å². The van der Waals surface area contributed by atoms with E-state index in [2.05, 4.69) is 15.3 Å². The summed E-state index contributed by atoms with van der Waals surface area (Å²) in [6, 6.07) is 0. The van der Waals surface area contributed by atoms with Crippen molar-refractivity contribution in [2.45, 2.75) is 46.5 Å². The summed E-state index contributed by atoms with van der Waals surface area (Å²) in [5.74, 6) is 0.379. The van der Waals surface area contributed by atoms with E-state index in [0.29, 0.717) is 12.4 Å². The van der Waals surface area contributed by atoms with Crippen molar-refractivity contribution in [3.63, 3.8) is 0 Å². The number of carbonyl (C=O) groups excluding carboxylic acids is 1. The molecule has 1 heterocycles. The molecule has 0 saturated heterocycles. The zero-order valence-corrected chi connectivity index (χ0v) is 13.9. The molecule has 0 aliphatic carbocycles. The molecule has 0 fully saturated rings. The molecule has 0 atom stereocenters. The van der Waals surface area contributed by atoms with Gasteiger partial charge < -0.3 is 10.4 Å². The van der Waals surface area contributed by atoms with Crippen molar-refractivity contribution in [3.8, 4) is 0 Å². The lowest BCUT2D eigenvalue weighted by atomic mass is 9.83. The fraction of sp³-hybridized carbons (Fsp3) is 0.667. The number of carbonyl (C=O) groups is 1. The average molecular weight is 314 g/mol. The second kappa shape index (κ2) is 7.71. The number of rotatable bonds is 7. The summed E-state index contributed by atoms with van der Waals surface area (Å²) in [6.07, 6.45) is 3.03. The molecule has 2 N–H and O–H groups in total. The van der Waals surface area contributed by atoms with Gasteiger partial charge in [0.05, 0.1) is 17.8 Å². The van der Waals surface area contributed by atoms with Crippen LogP contribution in [0.3, 0.4) is 0 Å². The fourth-order valence-electron chi connectivity index (χ4n) is 1.95. The minimum atomic E-state index is -0.330. The number of aliphatic hydroxyl groups is 1. The first-order valence-electron chi connectivity index (χ1n) is 7.30. The highest BCUT2D eigenvalue weighted by atomic mass is 35.5. The first-order chi connectivity index (χ1) is 9.89. The normalized spacial score (nSPS) is 11.8. The molecule has 0 aliphatic heterocycles. The monoisotopic (exact) mass is 313 g/mol. The third kappa shape index (κ3) is 4.38.